The van der Waals surface area contributed by atoms with Gasteiger partial charge in [0.05, 0.1) is 5.92 Å². The SMILES string of the molecule is CCC[C@H](NC(=O)OCC1c2ccccc2-c2ccccc21)C(=O)N1CC2CCC(C1)C2C(=O)O. The quantitative estimate of drug-likeness (QED) is 0.622. The molecule has 7 nitrogen and oxygen atoms in total. The Bertz CT molecular complexity index is 1070. The highest BCUT2D eigenvalue weighted by molar-refractivity contribution is 5.86. The summed E-state index contributed by atoms with van der Waals surface area (Å²) in [7, 11) is 0. The van der Waals surface area contributed by atoms with Crippen molar-refractivity contribution in [1.82, 2.24) is 10.2 Å². The molecule has 1 saturated carbocycles. The largest absolute Gasteiger partial charge is 0.481 e. The molecule has 3 atom stereocenters. The van der Waals surface area contributed by atoms with Crippen LogP contribution in [-0.2, 0) is 14.3 Å². The smallest absolute Gasteiger partial charge is 0.407 e. The monoisotopic (exact) mass is 476 g/mol. The first-order valence-corrected chi connectivity index (χ1v) is 12.6. The van der Waals surface area contributed by atoms with Crippen LogP contribution >= 0.6 is 0 Å². The zero-order chi connectivity index (χ0) is 24.5. The maximum Gasteiger partial charge on any atom is 0.407 e. The minimum atomic E-state index is -0.758. The number of aliphatic carboxylic acids is 1. The van der Waals surface area contributed by atoms with Crippen molar-refractivity contribution in [3.8, 4) is 11.1 Å². The number of ether oxygens (including phenoxy) is 1. The number of fused-ring (bicyclic) bond motifs is 5. The number of rotatable bonds is 7. The number of carbonyl (C=O) groups is 3. The molecule has 2 aliphatic carbocycles. The maximum absolute atomic E-state index is 13.3. The summed E-state index contributed by atoms with van der Waals surface area (Å²) in [6.45, 7) is 3.05. The molecule has 2 fully saturated rings. The van der Waals surface area contributed by atoms with Gasteiger partial charge < -0.3 is 20.1 Å². The van der Waals surface area contributed by atoms with Crippen molar-refractivity contribution < 1.29 is 24.2 Å². The van der Waals surface area contributed by atoms with Gasteiger partial charge in [-0.1, -0.05) is 61.9 Å². The van der Waals surface area contributed by atoms with E-state index in [0.717, 1.165) is 41.5 Å². The number of hydrogen-bond donors (Lipinski definition) is 2. The van der Waals surface area contributed by atoms with Gasteiger partial charge in [0.25, 0.3) is 0 Å². The van der Waals surface area contributed by atoms with Gasteiger partial charge >= 0.3 is 12.1 Å². The minimum absolute atomic E-state index is 0.00747. The first kappa shape index (κ1) is 23.4. The predicted octanol–water partition coefficient (Wildman–Crippen LogP) is 4.26. The maximum atomic E-state index is 13.3. The average molecular weight is 477 g/mol. The molecule has 5 rings (SSSR count). The third-order valence-electron chi connectivity index (χ3n) is 7.94. The number of alkyl carbamates (subject to hydrolysis) is 1. The highest BCUT2D eigenvalue weighted by Crippen LogP contribution is 2.45. The summed E-state index contributed by atoms with van der Waals surface area (Å²) in [4.78, 5) is 39.5. The molecular weight excluding hydrogens is 444 g/mol. The first-order chi connectivity index (χ1) is 17.0. The van der Waals surface area contributed by atoms with Crippen LogP contribution in [0.4, 0.5) is 4.79 Å². The molecular formula is C28H32N2O5. The summed E-state index contributed by atoms with van der Waals surface area (Å²) in [5.74, 6) is -1.32. The van der Waals surface area contributed by atoms with E-state index in [-0.39, 0.29) is 36.2 Å². The Morgan fingerprint density at radius 3 is 2.11 bits per heavy atom. The van der Waals surface area contributed by atoms with Crippen LogP contribution in [0.5, 0.6) is 0 Å². The molecule has 2 aromatic rings. The molecule has 184 valence electrons. The highest BCUT2D eigenvalue weighted by Gasteiger charge is 2.47. The summed E-state index contributed by atoms with van der Waals surface area (Å²) < 4.78 is 5.66. The van der Waals surface area contributed by atoms with Crippen molar-refractivity contribution in [3.63, 3.8) is 0 Å². The van der Waals surface area contributed by atoms with E-state index < -0.39 is 18.1 Å². The van der Waals surface area contributed by atoms with Crippen LogP contribution in [0.25, 0.3) is 11.1 Å². The van der Waals surface area contributed by atoms with Crippen molar-refractivity contribution in [2.45, 2.75) is 44.6 Å². The van der Waals surface area contributed by atoms with Crippen LogP contribution in [0.1, 0.15) is 49.7 Å². The van der Waals surface area contributed by atoms with Gasteiger partial charge in [-0.2, -0.15) is 0 Å². The van der Waals surface area contributed by atoms with Crippen molar-refractivity contribution in [2.75, 3.05) is 19.7 Å². The van der Waals surface area contributed by atoms with E-state index in [4.69, 9.17) is 4.74 Å². The van der Waals surface area contributed by atoms with Crippen molar-refractivity contribution in [3.05, 3.63) is 59.7 Å². The van der Waals surface area contributed by atoms with Crippen LogP contribution in [0.3, 0.4) is 0 Å². The van der Waals surface area contributed by atoms with Crippen LogP contribution in [-0.4, -0.2) is 53.7 Å². The molecule has 2 amide bonds. The van der Waals surface area contributed by atoms with Crippen LogP contribution < -0.4 is 5.32 Å². The van der Waals surface area contributed by atoms with Crippen LogP contribution in [0.2, 0.25) is 0 Å². The highest BCUT2D eigenvalue weighted by atomic mass is 16.5. The van der Waals surface area contributed by atoms with E-state index in [0.29, 0.717) is 19.5 Å². The van der Waals surface area contributed by atoms with Crippen molar-refractivity contribution in [2.24, 2.45) is 17.8 Å². The molecule has 0 radical (unpaired) electrons. The normalized spacial score (nSPS) is 23.3. The molecule has 2 N–H and O–H groups in total. The van der Waals surface area contributed by atoms with Crippen LogP contribution in [0.15, 0.2) is 48.5 Å². The standard InChI is InChI=1S/C28H32N2O5/c1-2-7-24(26(31)30-14-17-12-13-18(15-30)25(17)27(32)33)29-28(34)35-16-23-21-10-5-3-8-19(21)20-9-4-6-11-22(20)23/h3-6,8-11,17-18,23-25H,2,7,12-16H2,1H3,(H,29,34)(H,32,33)/t17?,18?,24-,25?/m0/s1. The van der Waals surface area contributed by atoms with Gasteiger partial charge in [0.1, 0.15) is 12.6 Å². The fourth-order valence-corrected chi connectivity index (χ4v) is 6.35. The predicted molar refractivity (Wildman–Crippen MR) is 131 cm³/mol. The number of nitrogens with zero attached hydrogens (tertiary/aromatic N) is 1. The zero-order valence-electron chi connectivity index (χ0n) is 20.0. The lowest BCUT2D eigenvalue weighted by Crippen LogP contribution is -2.54. The van der Waals surface area contributed by atoms with Crippen molar-refractivity contribution >= 4 is 18.0 Å². The molecule has 3 aliphatic rings. The number of carboxylic acid groups (broad SMARTS) is 1. The zero-order valence-corrected chi connectivity index (χ0v) is 20.0. The Morgan fingerprint density at radius 2 is 1.57 bits per heavy atom. The van der Waals surface area contributed by atoms with Gasteiger partial charge in [0, 0.05) is 19.0 Å². The van der Waals surface area contributed by atoms with Crippen LogP contribution in [0, 0.1) is 17.8 Å². The number of benzene rings is 2. The molecule has 1 saturated heterocycles. The summed E-state index contributed by atoms with van der Waals surface area (Å²) in [5.41, 5.74) is 4.60. The topological polar surface area (TPSA) is 95.9 Å². The lowest BCUT2D eigenvalue weighted by molar-refractivity contribution is -0.150. The molecule has 2 unspecified atom stereocenters. The minimum Gasteiger partial charge on any atom is -0.481 e. The molecule has 7 heteroatoms. The van der Waals surface area contributed by atoms with Crippen molar-refractivity contribution in [1.29, 1.82) is 0 Å². The van der Waals surface area contributed by atoms with Gasteiger partial charge in [-0.25, -0.2) is 4.79 Å². The summed E-state index contributed by atoms with van der Waals surface area (Å²) >= 11 is 0. The van der Waals surface area contributed by atoms with Gasteiger partial charge in [-0.05, 0) is 53.4 Å². The molecule has 0 spiro atoms. The van der Waals surface area contributed by atoms with E-state index in [1.54, 1.807) is 4.90 Å². The first-order valence-electron chi connectivity index (χ1n) is 12.6. The fourth-order valence-electron chi connectivity index (χ4n) is 6.35. The lowest BCUT2D eigenvalue weighted by atomic mass is 9.85. The van der Waals surface area contributed by atoms with E-state index in [1.165, 1.54) is 0 Å². The molecule has 1 heterocycles. The van der Waals surface area contributed by atoms with Gasteiger partial charge in [0.2, 0.25) is 5.91 Å². The number of piperidine rings is 1. The second kappa shape index (κ2) is 9.72. The number of hydrogen-bond acceptors (Lipinski definition) is 4. The summed E-state index contributed by atoms with van der Waals surface area (Å²) in [6.07, 6.45) is 2.32. The average Bonchev–Trinajstić information content (AvgIpc) is 3.33. The summed E-state index contributed by atoms with van der Waals surface area (Å²) in [5, 5.41) is 12.4. The second-order valence-corrected chi connectivity index (χ2v) is 10.0. The third-order valence-corrected chi connectivity index (χ3v) is 7.94. The van der Waals surface area contributed by atoms with E-state index in [1.807, 2.05) is 31.2 Å². The number of likely N-dealkylation sites (tertiary alicyclic amines) is 1. The number of carboxylic acids is 1. The fraction of sp³-hybridized carbons (Fsp3) is 0.464. The number of amides is 2. The Hall–Kier alpha value is -3.35. The molecule has 1 aliphatic heterocycles. The Kier molecular flexibility index (Phi) is 6.50. The Labute approximate surface area is 205 Å². The molecule has 2 aromatic carbocycles. The lowest BCUT2D eigenvalue weighted by Gasteiger charge is -2.37. The summed E-state index contributed by atoms with van der Waals surface area (Å²) in [6, 6.07) is 15.7. The Balaban J connectivity index is 1.23. The van der Waals surface area contributed by atoms with E-state index in [9.17, 15) is 19.5 Å². The van der Waals surface area contributed by atoms with E-state index in [2.05, 4.69) is 29.6 Å². The van der Waals surface area contributed by atoms with Gasteiger partial charge in [-0.15, -0.1) is 0 Å². The van der Waals surface area contributed by atoms with Gasteiger partial charge in [0.15, 0.2) is 0 Å². The number of nitrogens with one attached hydrogen (secondary N) is 1. The molecule has 0 aromatic heterocycles. The molecule has 2 bridgehead atoms. The second-order valence-electron chi connectivity index (χ2n) is 10.0. The third kappa shape index (κ3) is 4.40. The number of carbonyl (C=O) groups excluding carboxylic acids is 2. The Morgan fingerprint density at radius 1 is 1.00 bits per heavy atom. The molecule has 35 heavy (non-hydrogen) atoms. The van der Waals surface area contributed by atoms with Gasteiger partial charge in [-0.3, -0.25) is 9.59 Å². The van der Waals surface area contributed by atoms with E-state index >= 15 is 0 Å².